The molecule has 0 atom stereocenters. The Morgan fingerprint density at radius 3 is 2.61 bits per heavy atom. The number of nitrogens with zero attached hydrogens (tertiary/aromatic N) is 3. The number of carbonyl (C=O) groups excluding carboxylic acids is 1. The summed E-state index contributed by atoms with van der Waals surface area (Å²) in [6.45, 7) is 9.84. The third kappa shape index (κ3) is 5.64. The normalized spacial score (nSPS) is 15.9. The average Bonchev–Trinajstić information content (AvgIpc) is 3.17. The maximum absolute atomic E-state index is 12.3. The number of amides is 1. The van der Waals surface area contributed by atoms with Crippen LogP contribution in [0, 0.1) is 0 Å². The van der Waals surface area contributed by atoms with Crippen LogP contribution in [0.4, 0.5) is 0 Å². The van der Waals surface area contributed by atoms with Crippen LogP contribution >= 0.6 is 0 Å². The van der Waals surface area contributed by atoms with Crippen LogP contribution in [0.3, 0.4) is 0 Å². The minimum absolute atomic E-state index is 0.0648. The molecule has 0 spiro atoms. The van der Waals surface area contributed by atoms with E-state index < -0.39 is 0 Å². The number of rotatable bonds is 8. The van der Waals surface area contributed by atoms with Crippen LogP contribution in [0.25, 0.3) is 11.4 Å². The van der Waals surface area contributed by atoms with Gasteiger partial charge in [-0.2, -0.15) is 4.98 Å². The lowest BCUT2D eigenvalue weighted by Crippen LogP contribution is -2.44. The second-order valence-corrected chi connectivity index (χ2v) is 7.97. The number of piperidine rings is 1. The molecule has 28 heavy (non-hydrogen) atoms. The summed E-state index contributed by atoms with van der Waals surface area (Å²) in [7, 11) is 0. The molecule has 1 aromatic heterocycles. The molecule has 0 unspecified atom stereocenters. The largest absolute Gasteiger partial charge is 0.353 e. The summed E-state index contributed by atoms with van der Waals surface area (Å²) in [4.78, 5) is 19.2. The molecule has 6 nitrogen and oxygen atoms in total. The third-order valence-corrected chi connectivity index (χ3v) is 5.36. The standard InChI is InChI=1S/C22H32N4O2/c1-4-13-26-14-11-19(12-15-26)23-20(27)9-10-21-24-22(25-28-21)18-7-5-17(6-8-18)16(2)3/h5-8,16,19H,4,9-15H2,1-3H3,(H,23,27). The highest BCUT2D eigenvalue weighted by molar-refractivity contribution is 5.76. The Hall–Kier alpha value is -2.21. The summed E-state index contributed by atoms with van der Waals surface area (Å²) >= 11 is 0. The first-order valence-corrected chi connectivity index (χ1v) is 10.5. The first kappa shape index (κ1) is 20.5. The topological polar surface area (TPSA) is 71.3 Å². The molecule has 1 aromatic carbocycles. The number of nitrogens with one attached hydrogen (secondary N) is 1. The van der Waals surface area contributed by atoms with Crippen molar-refractivity contribution in [1.29, 1.82) is 0 Å². The van der Waals surface area contributed by atoms with Crippen molar-refractivity contribution in [3.63, 3.8) is 0 Å². The molecule has 1 N–H and O–H groups in total. The Morgan fingerprint density at radius 2 is 1.96 bits per heavy atom. The molecule has 1 saturated heterocycles. The van der Waals surface area contributed by atoms with E-state index in [1.54, 1.807) is 0 Å². The second kappa shape index (κ2) is 9.82. The van der Waals surface area contributed by atoms with Gasteiger partial charge in [0.15, 0.2) is 0 Å². The van der Waals surface area contributed by atoms with Crippen molar-refractivity contribution < 1.29 is 9.32 Å². The van der Waals surface area contributed by atoms with Crippen LogP contribution in [0.2, 0.25) is 0 Å². The predicted octanol–water partition coefficient (Wildman–Crippen LogP) is 3.78. The summed E-state index contributed by atoms with van der Waals surface area (Å²) in [5, 5.41) is 7.21. The van der Waals surface area contributed by atoms with Crippen molar-refractivity contribution >= 4 is 5.91 Å². The fourth-order valence-corrected chi connectivity index (χ4v) is 3.63. The van der Waals surface area contributed by atoms with E-state index in [4.69, 9.17) is 4.52 Å². The number of carbonyl (C=O) groups is 1. The van der Waals surface area contributed by atoms with Crippen LogP contribution in [0.5, 0.6) is 0 Å². The fourth-order valence-electron chi connectivity index (χ4n) is 3.63. The van der Waals surface area contributed by atoms with Gasteiger partial charge in [0.2, 0.25) is 17.6 Å². The van der Waals surface area contributed by atoms with E-state index in [-0.39, 0.29) is 5.91 Å². The van der Waals surface area contributed by atoms with Gasteiger partial charge in [0.05, 0.1) is 0 Å². The SMILES string of the molecule is CCCN1CCC(NC(=O)CCc2nc(-c3ccc(C(C)C)cc3)no2)CC1. The molecule has 1 fully saturated rings. The molecule has 0 bridgehead atoms. The monoisotopic (exact) mass is 384 g/mol. The van der Waals surface area contributed by atoms with Gasteiger partial charge >= 0.3 is 0 Å². The van der Waals surface area contributed by atoms with Crippen molar-refractivity contribution in [2.24, 2.45) is 0 Å². The maximum atomic E-state index is 12.3. The van der Waals surface area contributed by atoms with Crippen molar-refractivity contribution in [2.75, 3.05) is 19.6 Å². The molecule has 0 radical (unpaired) electrons. The molecule has 1 amide bonds. The van der Waals surface area contributed by atoms with Gasteiger partial charge in [0.1, 0.15) is 0 Å². The molecule has 1 aliphatic heterocycles. The van der Waals surface area contributed by atoms with Crippen molar-refractivity contribution in [1.82, 2.24) is 20.4 Å². The van der Waals surface area contributed by atoms with Gasteiger partial charge in [-0.3, -0.25) is 4.79 Å². The highest BCUT2D eigenvalue weighted by atomic mass is 16.5. The Bertz CT molecular complexity index is 746. The highest BCUT2D eigenvalue weighted by Crippen LogP contribution is 2.20. The Kier molecular flexibility index (Phi) is 7.20. The summed E-state index contributed by atoms with van der Waals surface area (Å²) in [5.41, 5.74) is 2.22. The van der Waals surface area contributed by atoms with Crippen LogP contribution in [-0.2, 0) is 11.2 Å². The number of hydrogen-bond donors (Lipinski definition) is 1. The number of hydrogen-bond acceptors (Lipinski definition) is 5. The summed E-state index contributed by atoms with van der Waals surface area (Å²) < 4.78 is 5.33. The third-order valence-electron chi connectivity index (χ3n) is 5.36. The molecule has 6 heteroatoms. The van der Waals surface area contributed by atoms with Crippen LogP contribution in [0.15, 0.2) is 28.8 Å². The molecular formula is C22H32N4O2. The van der Waals surface area contributed by atoms with Crippen molar-refractivity contribution in [3.8, 4) is 11.4 Å². The maximum Gasteiger partial charge on any atom is 0.227 e. The van der Waals surface area contributed by atoms with Gasteiger partial charge in [0, 0.05) is 37.5 Å². The Balaban J connectivity index is 1.44. The highest BCUT2D eigenvalue weighted by Gasteiger charge is 2.20. The molecular weight excluding hydrogens is 352 g/mol. The van der Waals surface area contributed by atoms with Crippen molar-refractivity contribution in [3.05, 3.63) is 35.7 Å². The molecule has 0 saturated carbocycles. The van der Waals surface area contributed by atoms with Gasteiger partial charge in [-0.05, 0) is 37.3 Å². The zero-order chi connectivity index (χ0) is 19.9. The number of aryl methyl sites for hydroxylation is 1. The van der Waals surface area contributed by atoms with E-state index in [1.165, 1.54) is 12.0 Å². The van der Waals surface area contributed by atoms with E-state index in [0.717, 1.165) is 38.0 Å². The molecule has 0 aliphatic carbocycles. The first-order chi connectivity index (χ1) is 13.5. The number of benzene rings is 1. The van der Waals surface area contributed by atoms with E-state index in [9.17, 15) is 4.79 Å². The lowest BCUT2D eigenvalue weighted by Gasteiger charge is -2.32. The lowest BCUT2D eigenvalue weighted by atomic mass is 10.0. The van der Waals surface area contributed by atoms with E-state index >= 15 is 0 Å². The average molecular weight is 385 g/mol. The molecule has 2 aromatic rings. The Labute approximate surface area is 167 Å². The van der Waals surface area contributed by atoms with E-state index in [1.807, 2.05) is 12.1 Å². The van der Waals surface area contributed by atoms with E-state index in [2.05, 4.69) is 53.3 Å². The van der Waals surface area contributed by atoms with Gasteiger partial charge in [-0.1, -0.05) is 50.2 Å². The Morgan fingerprint density at radius 1 is 1.25 bits per heavy atom. The molecule has 2 heterocycles. The van der Waals surface area contributed by atoms with Gasteiger partial charge < -0.3 is 14.7 Å². The summed E-state index contributed by atoms with van der Waals surface area (Å²) in [6, 6.07) is 8.51. The minimum Gasteiger partial charge on any atom is -0.353 e. The minimum atomic E-state index is 0.0648. The zero-order valence-corrected chi connectivity index (χ0v) is 17.3. The number of aromatic nitrogens is 2. The van der Waals surface area contributed by atoms with Gasteiger partial charge in [-0.15, -0.1) is 0 Å². The second-order valence-electron chi connectivity index (χ2n) is 7.97. The molecule has 152 valence electrons. The van der Waals surface area contributed by atoms with Gasteiger partial charge in [-0.25, -0.2) is 0 Å². The zero-order valence-electron chi connectivity index (χ0n) is 17.3. The number of likely N-dealkylation sites (tertiary alicyclic amines) is 1. The molecule has 1 aliphatic rings. The van der Waals surface area contributed by atoms with Crippen LogP contribution < -0.4 is 5.32 Å². The molecule has 3 rings (SSSR count). The van der Waals surface area contributed by atoms with Crippen LogP contribution in [0.1, 0.15) is 63.8 Å². The van der Waals surface area contributed by atoms with E-state index in [0.29, 0.717) is 36.5 Å². The lowest BCUT2D eigenvalue weighted by molar-refractivity contribution is -0.122. The summed E-state index contributed by atoms with van der Waals surface area (Å²) in [5.74, 6) is 1.65. The fraction of sp³-hybridized carbons (Fsp3) is 0.591. The first-order valence-electron chi connectivity index (χ1n) is 10.5. The van der Waals surface area contributed by atoms with Crippen molar-refractivity contribution in [2.45, 2.75) is 64.8 Å². The summed E-state index contributed by atoms with van der Waals surface area (Å²) in [6.07, 6.45) is 4.09. The smallest absolute Gasteiger partial charge is 0.227 e. The quantitative estimate of drug-likeness (QED) is 0.750. The van der Waals surface area contributed by atoms with Gasteiger partial charge in [0.25, 0.3) is 0 Å². The predicted molar refractivity (Wildman–Crippen MR) is 110 cm³/mol. The van der Waals surface area contributed by atoms with Crippen LogP contribution in [-0.4, -0.2) is 46.6 Å².